The standard InChI is InChI=1S/2C7H10O3.2CH3O.Ti/c2*1-3-4-6(5(2)8)7(9)10;2*1-2;/h2*3,6H,1,4H2,2H3,(H,9,10);2*1H3;/q;;2*-1;+4/p-2. The topological polar surface area (TPSA) is 161 Å². The second-order valence-electron chi connectivity index (χ2n) is 4.01. The summed E-state index contributed by atoms with van der Waals surface area (Å²) in [6.45, 7) is 9.10. The van der Waals surface area contributed by atoms with Gasteiger partial charge in [0.05, 0.1) is 23.8 Å². The molecule has 0 bridgehead atoms. The summed E-state index contributed by atoms with van der Waals surface area (Å²) in [5, 5.41) is 36.8. The molecule has 0 amide bonds. The first-order valence-electron chi connectivity index (χ1n) is 6.65. The number of carboxylic acids is 2. The van der Waals surface area contributed by atoms with Crippen molar-refractivity contribution in [3.8, 4) is 0 Å². The van der Waals surface area contributed by atoms with Crippen LogP contribution >= 0.6 is 0 Å². The molecule has 0 spiro atoms. The Labute approximate surface area is 163 Å². The Hall–Kier alpha value is -1.61. The zero-order chi connectivity index (χ0) is 20.3. The van der Waals surface area contributed by atoms with Crippen LogP contribution in [0.2, 0.25) is 0 Å². The Kier molecular flexibility index (Phi) is 34.2. The summed E-state index contributed by atoms with van der Waals surface area (Å²) < 4.78 is 0. The van der Waals surface area contributed by atoms with Crippen molar-refractivity contribution in [3.63, 3.8) is 0 Å². The molecule has 0 aromatic carbocycles. The average molecular weight is 392 g/mol. The van der Waals surface area contributed by atoms with Crippen LogP contribution in [0.25, 0.3) is 0 Å². The molecule has 0 heterocycles. The molecule has 0 saturated heterocycles. The molecule has 25 heavy (non-hydrogen) atoms. The number of rotatable bonds is 8. The molecule has 0 aromatic rings. The van der Waals surface area contributed by atoms with E-state index in [0.29, 0.717) is 0 Å². The molecule has 0 aliphatic carbocycles. The first kappa shape index (κ1) is 34.7. The Morgan fingerprint density at radius 3 is 1.00 bits per heavy atom. The fourth-order valence-corrected chi connectivity index (χ4v) is 1.19. The van der Waals surface area contributed by atoms with Crippen molar-refractivity contribution in [1.29, 1.82) is 0 Å². The summed E-state index contributed by atoms with van der Waals surface area (Å²) in [5.74, 6) is -5.46. The predicted molar refractivity (Wildman–Crippen MR) is 79.8 cm³/mol. The van der Waals surface area contributed by atoms with Gasteiger partial charge in [-0.1, -0.05) is 12.2 Å². The largest absolute Gasteiger partial charge is 4.00 e. The van der Waals surface area contributed by atoms with Gasteiger partial charge in [-0.2, -0.15) is 14.2 Å². The minimum Gasteiger partial charge on any atom is -0.857 e. The molecule has 0 saturated carbocycles. The van der Waals surface area contributed by atoms with E-state index in [4.69, 9.17) is 10.2 Å². The molecule has 0 N–H and O–H groups in total. The van der Waals surface area contributed by atoms with Crippen LogP contribution in [0.5, 0.6) is 0 Å². The third-order valence-electron chi connectivity index (χ3n) is 2.36. The van der Waals surface area contributed by atoms with Gasteiger partial charge in [-0.3, -0.25) is 9.59 Å². The second kappa shape index (κ2) is 24.6. The van der Waals surface area contributed by atoms with Crippen molar-refractivity contribution in [2.24, 2.45) is 11.8 Å². The van der Waals surface area contributed by atoms with Gasteiger partial charge in [0.1, 0.15) is 11.6 Å². The van der Waals surface area contributed by atoms with Gasteiger partial charge in [-0.05, 0) is 26.7 Å². The van der Waals surface area contributed by atoms with E-state index in [1.807, 2.05) is 0 Å². The molecular weight excluding hydrogens is 368 g/mol. The van der Waals surface area contributed by atoms with Crippen molar-refractivity contribution in [1.82, 2.24) is 0 Å². The maximum absolute atomic E-state index is 10.5. The summed E-state index contributed by atoms with van der Waals surface area (Å²) in [4.78, 5) is 41.3. The average Bonchev–Trinajstić information content (AvgIpc) is 2.53. The molecule has 0 aliphatic heterocycles. The van der Waals surface area contributed by atoms with Crippen LogP contribution in [0, 0.1) is 11.8 Å². The van der Waals surface area contributed by atoms with Crippen LogP contribution in [0.1, 0.15) is 26.7 Å². The Morgan fingerprint density at radius 1 is 0.760 bits per heavy atom. The van der Waals surface area contributed by atoms with Crippen LogP contribution in [0.4, 0.5) is 0 Å². The number of carbonyl (C=O) groups is 4. The normalized spacial score (nSPS) is 10.2. The van der Waals surface area contributed by atoms with E-state index < -0.39 is 23.8 Å². The number of hydrogen-bond donors (Lipinski definition) is 0. The van der Waals surface area contributed by atoms with Gasteiger partial charge in [0, 0.05) is 0 Å². The number of Topliss-reactive ketones (excluding diaryl/α,β-unsaturated/α-hetero) is 2. The van der Waals surface area contributed by atoms with E-state index in [1.165, 1.54) is 26.0 Å². The van der Waals surface area contributed by atoms with Gasteiger partial charge < -0.3 is 30.0 Å². The zero-order valence-electron chi connectivity index (χ0n) is 14.9. The van der Waals surface area contributed by atoms with Crippen LogP contribution < -0.4 is 20.4 Å². The molecule has 8 nitrogen and oxygen atoms in total. The van der Waals surface area contributed by atoms with Crippen LogP contribution in [0.15, 0.2) is 25.3 Å². The van der Waals surface area contributed by atoms with Crippen LogP contribution in [0.3, 0.4) is 0 Å². The van der Waals surface area contributed by atoms with Gasteiger partial charge in [0.15, 0.2) is 0 Å². The molecule has 2 unspecified atom stereocenters. The van der Waals surface area contributed by atoms with Crippen molar-refractivity contribution in [3.05, 3.63) is 25.3 Å². The summed E-state index contributed by atoms with van der Waals surface area (Å²) in [6.07, 6.45) is 3.08. The first-order valence-corrected chi connectivity index (χ1v) is 6.65. The number of hydrogen-bond acceptors (Lipinski definition) is 8. The summed E-state index contributed by atoms with van der Waals surface area (Å²) in [7, 11) is 1.50. The van der Waals surface area contributed by atoms with Gasteiger partial charge >= 0.3 is 21.7 Å². The van der Waals surface area contributed by atoms with E-state index in [0.717, 1.165) is 14.2 Å². The molecule has 0 rings (SSSR count). The number of carboxylic acid groups (broad SMARTS) is 2. The number of ketones is 2. The van der Waals surface area contributed by atoms with E-state index >= 15 is 0 Å². The molecule has 0 radical (unpaired) electrons. The van der Waals surface area contributed by atoms with Gasteiger partial charge in [-0.15, -0.1) is 13.2 Å². The third-order valence-corrected chi connectivity index (χ3v) is 2.36. The van der Waals surface area contributed by atoms with Crippen LogP contribution in [-0.2, 0) is 40.9 Å². The Morgan fingerprint density at radius 2 is 0.960 bits per heavy atom. The minimum atomic E-state index is -1.33. The van der Waals surface area contributed by atoms with E-state index in [9.17, 15) is 29.4 Å². The van der Waals surface area contributed by atoms with Gasteiger partial charge in [0.2, 0.25) is 0 Å². The maximum Gasteiger partial charge on any atom is 4.00 e. The van der Waals surface area contributed by atoms with E-state index in [2.05, 4.69) is 13.2 Å². The third kappa shape index (κ3) is 22.4. The number of allylic oxidation sites excluding steroid dienone is 2. The quantitative estimate of drug-likeness (QED) is 0.240. The fourth-order valence-electron chi connectivity index (χ4n) is 1.19. The van der Waals surface area contributed by atoms with Crippen molar-refractivity contribution < 1.29 is 61.3 Å². The van der Waals surface area contributed by atoms with Crippen molar-refractivity contribution >= 4 is 23.5 Å². The van der Waals surface area contributed by atoms with Crippen molar-refractivity contribution in [2.75, 3.05) is 14.2 Å². The Bertz CT molecular complexity index is 341. The van der Waals surface area contributed by atoms with E-state index in [1.54, 1.807) is 0 Å². The van der Waals surface area contributed by atoms with Crippen LogP contribution in [-0.4, -0.2) is 37.7 Å². The summed E-state index contributed by atoms with van der Waals surface area (Å²) >= 11 is 0. The molecule has 0 aliphatic rings. The predicted octanol–water partition coefficient (Wildman–Crippen LogP) is -3.01. The monoisotopic (exact) mass is 392 g/mol. The maximum atomic E-state index is 10.5. The zero-order valence-corrected chi connectivity index (χ0v) is 16.5. The number of carbonyl (C=O) groups excluding carboxylic acids is 4. The van der Waals surface area contributed by atoms with Gasteiger partial charge in [-0.25, -0.2) is 0 Å². The van der Waals surface area contributed by atoms with E-state index in [-0.39, 0.29) is 46.1 Å². The first-order chi connectivity index (χ1) is 11.2. The molecule has 140 valence electrons. The molecule has 2 atom stereocenters. The SMILES string of the molecule is C=CCC(C(C)=O)C(=O)[O-].C=CCC(C(C)=O)C(=O)[O-].C[O-].C[O-].[Ti+4]. The minimum absolute atomic E-state index is 0. The fraction of sp³-hybridized carbons (Fsp3) is 0.500. The molecule has 9 heteroatoms. The Balaban J connectivity index is -0.0000000858. The van der Waals surface area contributed by atoms with Crippen molar-refractivity contribution in [2.45, 2.75) is 26.7 Å². The molecular formula is C16H24O8Ti. The number of aliphatic carboxylic acids is 2. The second-order valence-corrected chi connectivity index (χ2v) is 4.01. The smallest absolute Gasteiger partial charge is 0.857 e. The van der Waals surface area contributed by atoms with Gasteiger partial charge in [0.25, 0.3) is 0 Å². The summed E-state index contributed by atoms with van der Waals surface area (Å²) in [5.41, 5.74) is 0. The molecule has 0 aromatic heterocycles. The summed E-state index contributed by atoms with van der Waals surface area (Å²) in [6, 6.07) is 0. The molecule has 0 fully saturated rings.